The molecule has 0 aromatic carbocycles. The van der Waals surface area contributed by atoms with E-state index in [0.717, 1.165) is 0 Å². The second kappa shape index (κ2) is 5.47. The summed E-state index contributed by atoms with van der Waals surface area (Å²) in [5, 5.41) is 11.0. The number of hydrogen-bond acceptors (Lipinski definition) is 4. The van der Waals surface area contributed by atoms with E-state index in [9.17, 15) is 4.79 Å². The highest BCUT2D eigenvalue weighted by Crippen LogP contribution is 2.09. The van der Waals surface area contributed by atoms with Gasteiger partial charge in [-0.3, -0.25) is 4.79 Å². The van der Waals surface area contributed by atoms with E-state index in [2.05, 4.69) is 5.16 Å². The van der Waals surface area contributed by atoms with E-state index < -0.39 is 5.60 Å². The van der Waals surface area contributed by atoms with Crippen LogP contribution in [-0.4, -0.2) is 22.6 Å². The number of amidine groups is 1. The van der Waals surface area contributed by atoms with Crippen LogP contribution in [0.15, 0.2) is 5.16 Å². The number of carbonyl (C=O) groups excluding carboxylic acids is 1. The van der Waals surface area contributed by atoms with E-state index in [1.54, 1.807) is 0 Å². The van der Waals surface area contributed by atoms with Gasteiger partial charge in [-0.25, -0.2) is 0 Å². The van der Waals surface area contributed by atoms with E-state index >= 15 is 0 Å². The molecular formula is C9H18N2O3. The summed E-state index contributed by atoms with van der Waals surface area (Å²) in [6.07, 6.45) is 1.22. The number of carbonyl (C=O) groups is 1. The molecular weight excluding hydrogens is 184 g/mol. The molecule has 0 bridgehead atoms. The Morgan fingerprint density at radius 3 is 2.43 bits per heavy atom. The highest BCUT2D eigenvalue weighted by molar-refractivity contribution is 5.80. The minimum Gasteiger partial charge on any atom is -0.460 e. The summed E-state index contributed by atoms with van der Waals surface area (Å²) in [5.41, 5.74) is 4.78. The van der Waals surface area contributed by atoms with Crippen molar-refractivity contribution < 1.29 is 14.7 Å². The molecule has 0 aromatic heterocycles. The Bertz CT molecular complexity index is 219. The molecule has 0 aromatic rings. The molecule has 14 heavy (non-hydrogen) atoms. The lowest BCUT2D eigenvalue weighted by Gasteiger charge is -2.19. The topological polar surface area (TPSA) is 84.9 Å². The summed E-state index contributed by atoms with van der Waals surface area (Å²) in [7, 11) is 0. The van der Waals surface area contributed by atoms with Crippen molar-refractivity contribution in [2.75, 3.05) is 0 Å². The van der Waals surface area contributed by atoms with E-state index in [1.807, 2.05) is 20.8 Å². The average Bonchev–Trinajstić information content (AvgIpc) is 2.00. The molecule has 0 saturated carbocycles. The molecule has 82 valence electrons. The Kier molecular flexibility index (Phi) is 4.97. The Morgan fingerprint density at radius 2 is 2.00 bits per heavy atom. The second-order valence-corrected chi connectivity index (χ2v) is 4.03. The maximum Gasteiger partial charge on any atom is 0.306 e. The van der Waals surface area contributed by atoms with Gasteiger partial charge in [0.25, 0.3) is 0 Å². The van der Waals surface area contributed by atoms with Crippen LogP contribution in [0.4, 0.5) is 0 Å². The number of oxime groups is 1. The first kappa shape index (κ1) is 12.7. The van der Waals surface area contributed by atoms with Crippen LogP contribution in [0.2, 0.25) is 0 Å². The molecule has 0 unspecified atom stereocenters. The number of nitrogens with zero attached hydrogens (tertiary/aromatic N) is 1. The second-order valence-electron chi connectivity index (χ2n) is 4.03. The van der Waals surface area contributed by atoms with Gasteiger partial charge in [0, 0.05) is 12.8 Å². The van der Waals surface area contributed by atoms with Gasteiger partial charge in [-0.05, 0) is 27.2 Å². The fraction of sp³-hybridized carbons (Fsp3) is 0.778. The summed E-state index contributed by atoms with van der Waals surface area (Å²) >= 11 is 0. The lowest BCUT2D eigenvalue weighted by molar-refractivity contribution is -0.154. The lowest BCUT2D eigenvalue weighted by atomic mass is 10.2. The summed E-state index contributed by atoms with van der Waals surface area (Å²) in [5.74, 6) is -0.128. The third-order valence-corrected chi connectivity index (χ3v) is 1.36. The molecule has 3 N–H and O–H groups in total. The molecule has 0 radical (unpaired) electrons. The van der Waals surface area contributed by atoms with Gasteiger partial charge in [0.05, 0.1) is 0 Å². The van der Waals surface area contributed by atoms with Crippen molar-refractivity contribution in [2.24, 2.45) is 10.9 Å². The zero-order valence-electron chi connectivity index (χ0n) is 8.91. The van der Waals surface area contributed by atoms with Gasteiger partial charge in [-0.15, -0.1) is 0 Å². The standard InChI is InChI=1S/C9H18N2O3/c1-9(2,3)14-8(12)6-4-5-7(10)11-13/h13H,4-6H2,1-3H3,(H2,10,11). The molecule has 0 heterocycles. The third-order valence-electron chi connectivity index (χ3n) is 1.36. The normalized spacial score (nSPS) is 12.6. The summed E-state index contributed by atoms with van der Waals surface area (Å²) in [6.45, 7) is 5.44. The fourth-order valence-corrected chi connectivity index (χ4v) is 0.856. The third kappa shape index (κ3) is 7.39. The first-order valence-corrected chi connectivity index (χ1v) is 4.53. The van der Waals surface area contributed by atoms with Crippen LogP contribution in [-0.2, 0) is 9.53 Å². The van der Waals surface area contributed by atoms with Crippen molar-refractivity contribution in [3.8, 4) is 0 Å². The Balaban J connectivity index is 3.66. The van der Waals surface area contributed by atoms with Gasteiger partial charge >= 0.3 is 5.97 Å². The summed E-state index contributed by atoms with van der Waals surface area (Å²) < 4.78 is 5.07. The maximum atomic E-state index is 11.2. The number of rotatable bonds is 4. The van der Waals surface area contributed by atoms with Crippen molar-refractivity contribution in [2.45, 2.75) is 45.6 Å². The van der Waals surface area contributed by atoms with Gasteiger partial charge in [-0.2, -0.15) is 0 Å². The fourth-order valence-electron chi connectivity index (χ4n) is 0.856. The first-order chi connectivity index (χ1) is 6.35. The zero-order chi connectivity index (χ0) is 11.2. The summed E-state index contributed by atoms with van der Waals surface area (Å²) in [4.78, 5) is 11.2. The molecule has 5 nitrogen and oxygen atoms in total. The van der Waals surface area contributed by atoms with Crippen LogP contribution in [0.5, 0.6) is 0 Å². The van der Waals surface area contributed by atoms with Crippen LogP contribution in [0.1, 0.15) is 40.0 Å². The Labute approximate surface area is 83.9 Å². The minimum atomic E-state index is -0.451. The number of ether oxygens (including phenoxy) is 1. The molecule has 0 saturated heterocycles. The van der Waals surface area contributed by atoms with E-state index in [-0.39, 0.29) is 18.2 Å². The highest BCUT2D eigenvalue weighted by atomic mass is 16.6. The molecule has 0 atom stereocenters. The Hall–Kier alpha value is -1.26. The molecule has 5 heteroatoms. The zero-order valence-corrected chi connectivity index (χ0v) is 8.91. The SMILES string of the molecule is CC(C)(C)OC(=O)CCCC(N)=NO. The van der Waals surface area contributed by atoms with Gasteiger partial charge in [0.1, 0.15) is 11.4 Å². The predicted octanol–water partition coefficient (Wildman–Crippen LogP) is 1.24. The molecule has 0 amide bonds. The smallest absolute Gasteiger partial charge is 0.306 e. The predicted molar refractivity (Wildman–Crippen MR) is 53.1 cm³/mol. The van der Waals surface area contributed by atoms with Crippen LogP contribution in [0.25, 0.3) is 0 Å². The number of hydrogen-bond donors (Lipinski definition) is 2. The first-order valence-electron chi connectivity index (χ1n) is 4.53. The largest absolute Gasteiger partial charge is 0.460 e. The van der Waals surface area contributed by atoms with E-state index in [1.165, 1.54) is 0 Å². The Morgan fingerprint density at radius 1 is 1.43 bits per heavy atom. The van der Waals surface area contributed by atoms with Crippen LogP contribution < -0.4 is 5.73 Å². The van der Waals surface area contributed by atoms with Crippen molar-refractivity contribution in [3.63, 3.8) is 0 Å². The molecule has 0 fully saturated rings. The summed E-state index contributed by atoms with van der Waals surface area (Å²) in [6, 6.07) is 0. The molecule has 0 aliphatic rings. The average molecular weight is 202 g/mol. The molecule has 0 rings (SSSR count). The quantitative estimate of drug-likeness (QED) is 0.236. The van der Waals surface area contributed by atoms with E-state index in [4.69, 9.17) is 15.7 Å². The maximum absolute atomic E-state index is 11.2. The van der Waals surface area contributed by atoms with Gasteiger partial charge in [-0.1, -0.05) is 5.16 Å². The van der Waals surface area contributed by atoms with Crippen molar-refractivity contribution in [1.82, 2.24) is 0 Å². The molecule has 0 spiro atoms. The van der Waals surface area contributed by atoms with Crippen LogP contribution in [0.3, 0.4) is 0 Å². The number of nitrogens with two attached hydrogens (primary N) is 1. The lowest BCUT2D eigenvalue weighted by Crippen LogP contribution is -2.24. The van der Waals surface area contributed by atoms with E-state index in [0.29, 0.717) is 12.8 Å². The minimum absolute atomic E-state index is 0.133. The van der Waals surface area contributed by atoms with Crippen molar-refractivity contribution in [1.29, 1.82) is 0 Å². The van der Waals surface area contributed by atoms with Gasteiger partial charge < -0.3 is 15.7 Å². The van der Waals surface area contributed by atoms with Gasteiger partial charge in [0.2, 0.25) is 0 Å². The highest BCUT2D eigenvalue weighted by Gasteiger charge is 2.15. The van der Waals surface area contributed by atoms with Gasteiger partial charge in [0.15, 0.2) is 0 Å². The monoisotopic (exact) mass is 202 g/mol. The number of esters is 1. The van der Waals surface area contributed by atoms with Crippen LogP contribution in [0, 0.1) is 0 Å². The van der Waals surface area contributed by atoms with Crippen molar-refractivity contribution in [3.05, 3.63) is 0 Å². The van der Waals surface area contributed by atoms with Crippen LogP contribution >= 0.6 is 0 Å². The molecule has 0 aliphatic heterocycles. The molecule has 0 aliphatic carbocycles. The van der Waals surface area contributed by atoms with Crippen molar-refractivity contribution >= 4 is 11.8 Å².